The monoisotopic (exact) mass is 791 g/mol. The molecule has 0 atom stereocenters. The van der Waals surface area contributed by atoms with Crippen molar-refractivity contribution in [1.82, 2.24) is 0 Å². The van der Waals surface area contributed by atoms with Crippen LogP contribution in [0.1, 0.15) is 59.8 Å². The van der Waals surface area contributed by atoms with Crippen molar-refractivity contribution in [3.8, 4) is 0 Å². The summed E-state index contributed by atoms with van der Waals surface area (Å²) in [6.45, 7) is 9.46. The van der Waals surface area contributed by atoms with Gasteiger partial charge < -0.3 is 4.90 Å². The molecule has 5 rings (SSSR count). The van der Waals surface area contributed by atoms with Crippen molar-refractivity contribution in [2.24, 2.45) is 0 Å². The van der Waals surface area contributed by atoms with E-state index < -0.39 is 145 Å². The Hall–Kier alpha value is -4.22. The SMILES string of the molecule is CC(C)[NH+](C(C)C)C1CCCCC1.Fc1cc(F)c([B-](c2c(F)cc(F)c(F)c2F)(c2c(F)cc(F)c(F)c2F)c2c(F)cc(F)c(F)c2F)c(F)c1F. The van der Waals surface area contributed by atoms with Gasteiger partial charge in [-0.2, -0.15) is 0 Å². The van der Waals surface area contributed by atoms with Crippen molar-refractivity contribution in [3.63, 3.8) is 0 Å². The quantitative estimate of drug-likeness (QED) is 0.0868. The smallest absolute Gasteiger partial charge is 0.191 e. The second-order valence-electron chi connectivity index (χ2n) is 13.5. The zero-order chi connectivity index (χ0) is 40.7. The minimum absolute atomic E-state index is 0.731. The van der Waals surface area contributed by atoms with Crippen LogP contribution in [0.2, 0.25) is 0 Å². The maximum Gasteiger partial charge on any atom is 0.191 e. The molecule has 4 aromatic carbocycles. The molecule has 1 aliphatic rings. The number of nitrogens with one attached hydrogen (secondary N) is 1. The van der Waals surface area contributed by atoms with E-state index in [2.05, 4.69) is 27.7 Å². The van der Waals surface area contributed by atoms with Gasteiger partial charge in [0.25, 0.3) is 0 Å². The zero-order valence-corrected chi connectivity index (χ0v) is 28.7. The van der Waals surface area contributed by atoms with E-state index in [0.29, 0.717) is 0 Å². The molecule has 0 spiro atoms. The Kier molecular flexibility index (Phi) is 12.8. The third kappa shape index (κ3) is 7.29. The molecule has 0 heterocycles. The molecule has 1 fully saturated rings. The Morgan fingerprint density at radius 1 is 0.389 bits per heavy atom. The summed E-state index contributed by atoms with van der Waals surface area (Å²) >= 11 is 0. The van der Waals surface area contributed by atoms with Gasteiger partial charge in [0, 0.05) is 24.3 Å². The summed E-state index contributed by atoms with van der Waals surface area (Å²) < 4.78 is 235. The highest BCUT2D eigenvalue weighted by Crippen LogP contribution is 2.27. The van der Waals surface area contributed by atoms with Crippen molar-refractivity contribution >= 4 is 28.0 Å². The second-order valence-corrected chi connectivity index (χ2v) is 13.5. The molecule has 0 unspecified atom stereocenters. The standard InChI is InChI=1S/C24H4BF16.C12H25N/c26-5-1-9(30)17(34)21(38)13(5)25(14-6(27)2-10(31)18(35)22(14)39,15-7(28)3-11(32)19(36)23(15)40)16-8(29)4-12(33)20(37)24(16)41;1-10(2)13(11(3)4)12-8-6-5-7-9-12/h1-4H;10-12H,5-9H2,1-4H3/q-1;/p+1. The van der Waals surface area contributed by atoms with Gasteiger partial charge in [-0.3, -0.25) is 0 Å². The van der Waals surface area contributed by atoms with Crippen LogP contribution < -0.4 is 26.8 Å². The van der Waals surface area contributed by atoms with Crippen LogP contribution in [-0.2, 0) is 0 Å². The molecule has 4 aromatic rings. The maximum absolute atomic E-state index is 15.3. The molecule has 18 heteroatoms. The minimum atomic E-state index is -6.18. The summed E-state index contributed by atoms with van der Waals surface area (Å²) in [5.41, 5.74) is -10.9. The van der Waals surface area contributed by atoms with E-state index >= 15 is 35.1 Å². The average molecular weight is 791 g/mol. The summed E-state index contributed by atoms with van der Waals surface area (Å²) in [6, 6.07) is -0.382. The van der Waals surface area contributed by atoms with Crippen LogP contribution >= 0.6 is 0 Å². The lowest BCUT2D eigenvalue weighted by Gasteiger charge is -2.44. The van der Waals surface area contributed by atoms with Gasteiger partial charge in [0.05, 0.1) is 41.4 Å². The molecule has 1 saturated carbocycles. The lowest BCUT2D eigenvalue weighted by atomic mass is 9.12. The fourth-order valence-corrected chi connectivity index (χ4v) is 7.82. The van der Waals surface area contributed by atoms with Crippen LogP contribution in [0.3, 0.4) is 0 Å². The predicted octanol–water partition coefficient (Wildman–Crippen LogP) is 7.31. The average Bonchev–Trinajstić information content (AvgIpc) is 3.08. The van der Waals surface area contributed by atoms with Crippen LogP contribution in [0.25, 0.3) is 0 Å². The van der Waals surface area contributed by atoms with Gasteiger partial charge in [0.2, 0.25) is 0 Å². The lowest BCUT2D eigenvalue weighted by Crippen LogP contribution is -3.21. The highest BCUT2D eigenvalue weighted by atomic mass is 19.2. The third-order valence-corrected chi connectivity index (χ3v) is 9.74. The first-order valence-corrected chi connectivity index (χ1v) is 16.5. The molecule has 0 radical (unpaired) electrons. The van der Waals surface area contributed by atoms with Crippen molar-refractivity contribution < 1.29 is 75.1 Å². The molecule has 0 bridgehead atoms. The van der Waals surface area contributed by atoms with Crippen LogP contribution in [0.5, 0.6) is 0 Å². The molecule has 1 N–H and O–H groups in total. The lowest BCUT2D eigenvalue weighted by molar-refractivity contribution is -0.967. The molecule has 0 amide bonds. The Morgan fingerprint density at radius 2 is 0.630 bits per heavy atom. The number of benzene rings is 4. The molecule has 0 saturated heterocycles. The van der Waals surface area contributed by atoms with Crippen LogP contribution in [0.15, 0.2) is 24.3 Å². The summed E-state index contributed by atoms with van der Waals surface area (Å²) in [5.74, 6) is -45.1. The van der Waals surface area contributed by atoms with Crippen LogP contribution in [0.4, 0.5) is 70.2 Å². The number of quaternary nitrogens is 1. The maximum atomic E-state index is 15.3. The highest BCUT2D eigenvalue weighted by Gasteiger charge is 2.49. The molecule has 0 aliphatic heterocycles. The second kappa shape index (κ2) is 16.3. The summed E-state index contributed by atoms with van der Waals surface area (Å²) in [5, 5.41) is 0. The summed E-state index contributed by atoms with van der Waals surface area (Å²) in [4.78, 5) is 1.83. The minimum Gasteiger partial charge on any atom is -0.329 e. The van der Waals surface area contributed by atoms with Crippen LogP contribution in [0, 0.1) is 93.1 Å². The number of rotatable bonds is 7. The first-order valence-electron chi connectivity index (χ1n) is 16.5. The van der Waals surface area contributed by atoms with E-state index in [9.17, 15) is 35.1 Å². The van der Waals surface area contributed by atoms with Crippen molar-refractivity contribution in [3.05, 3.63) is 117 Å². The van der Waals surface area contributed by atoms with E-state index in [1.165, 1.54) is 32.1 Å². The first kappa shape index (κ1) is 42.5. The van der Waals surface area contributed by atoms with Crippen molar-refractivity contribution in [2.75, 3.05) is 0 Å². The number of hydrogen-bond acceptors (Lipinski definition) is 0. The first-order chi connectivity index (χ1) is 25.1. The van der Waals surface area contributed by atoms with E-state index in [4.69, 9.17) is 0 Å². The Labute approximate surface area is 298 Å². The van der Waals surface area contributed by atoms with Gasteiger partial charge in [-0.1, -0.05) is 6.42 Å². The van der Waals surface area contributed by atoms with Crippen molar-refractivity contribution in [1.29, 1.82) is 0 Å². The van der Waals surface area contributed by atoms with Gasteiger partial charge in [-0.15, -0.1) is 21.9 Å². The van der Waals surface area contributed by atoms with Gasteiger partial charge in [-0.05, 0) is 53.4 Å². The van der Waals surface area contributed by atoms with Gasteiger partial charge in [-0.25, -0.2) is 70.2 Å². The molecular formula is C36H30BF16N. The largest absolute Gasteiger partial charge is 0.329 e. The molecule has 0 aromatic heterocycles. The Balaban J connectivity index is 0.000000422. The fraction of sp³-hybridized carbons (Fsp3) is 0.333. The van der Waals surface area contributed by atoms with Gasteiger partial charge in [0.15, 0.2) is 46.5 Å². The summed E-state index contributed by atoms with van der Waals surface area (Å²) in [7, 11) is 0. The van der Waals surface area contributed by atoms with E-state index in [1.54, 1.807) is 0 Å². The van der Waals surface area contributed by atoms with E-state index in [-0.39, 0.29) is 0 Å². The van der Waals surface area contributed by atoms with Crippen molar-refractivity contribution in [2.45, 2.75) is 77.9 Å². The number of halogens is 16. The van der Waals surface area contributed by atoms with Crippen LogP contribution in [-0.4, -0.2) is 24.3 Å². The third-order valence-electron chi connectivity index (χ3n) is 9.74. The fourth-order valence-electron chi connectivity index (χ4n) is 7.82. The predicted molar refractivity (Wildman–Crippen MR) is 167 cm³/mol. The van der Waals surface area contributed by atoms with Gasteiger partial charge >= 0.3 is 0 Å². The highest BCUT2D eigenvalue weighted by molar-refractivity contribution is 7.20. The van der Waals surface area contributed by atoms with Gasteiger partial charge in [0.1, 0.15) is 29.4 Å². The molecule has 1 aliphatic carbocycles. The zero-order valence-electron chi connectivity index (χ0n) is 28.7. The van der Waals surface area contributed by atoms with E-state index in [0.717, 1.165) is 18.1 Å². The number of hydrogen-bond donors (Lipinski definition) is 1. The molecule has 54 heavy (non-hydrogen) atoms. The summed E-state index contributed by atoms with van der Waals surface area (Å²) in [6.07, 6.45) is 1.15. The topological polar surface area (TPSA) is 4.44 Å². The van der Waals surface area contributed by atoms with E-state index in [1.807, 2.05) is 4.90 Å². The normalized spacial score (nSPS) is 14.0. The Morgan fingerprint density at radius 3 is 0.852 bits per heavy atom. The molecule has 294 valence electrons. The Bertz CT molecular complexity index is 1800. The molecule has 1 nitrogen and oxygen atoms in total. The molecular weight excluding hydrogens is 761 g/mol.